The maximum absolute atomic E-state index is 11.3. The molecular formula is C19H20N2O3. The third-order valence-corrected chi connectivity index (χ3v) is 3.99. The highest BCUT2D eigenvalue weighted by atomic mass is 16.5. The van der Waals surface area contributed by atoms with Gasteiger partial charge >= 0.3 is 5.97 Å². The molecule has 0 aliphatic heterocycles. The molecule has 5 heteroatoms. The number of carbonyl (C=O) groups is 1. The minimum Gasteiger partial charge on any atom is -0.492 e. The number of aromatic nitrogens is 1. The van der Waals surface area contributed by atoms with Crippen LogP contribution in [-0.4, -0.2) is 22.7 Å². The largest absolute Gasteiger partial charge is 0.492 e. The molecule has 0 fully saturated rings. The molecule has 2 aromatic rings. The zero-order valence-corrected chi connectivity index (χ0v) is 14.0. The highest BCUT2D eigenvalue weighted by Gasteiger charge is 2.18. The first-order valence-corrected chi connectivity index (χ1v) is 7.73. The number of pyridine rings is 1. The van der Waals surface area contributed by atoms with E-state index in [-0.39, 0.29) is 11.0 Å². The Morgan fingerprint density at radius 1 is 1.38 bits per heavy atom. The molecule has 24 heavy (non-hydrogen) atoms. The highest BCUT2D eigenvalue weighted by Crippen LogP contribution is 2.29. The van der Waals surface area contributed by atoms with Crippen LogP contribution in [0.25, 0.3) is 11.3 Å². The average molecular weight is 324 g/mol. The van der Waals surface area contributed by atoms with Gasteiger partial charge < -0.3 is 9.84 Å². The van der Waals surface area contributed by atoms with E-state index in [1.54, 1.807) is 24.3 Å². The van der Waals surface area contributed by atoms with Gasteiger partial charge in [-0.2, -0.15) is 5.26 Å². The SMILES string of the molecule is CCC(C)(C)COc1ccc(-c2ncccc2C(=O)O)cc1C#N. The third-order valence-electron chi connectivity index (χ3n) is 3.99. The zero-order valence-electron chi connectivity index (χ0n) is 14.0. The third kappa shape index (κ3) is 3.90. The summed E-state index contributed by atoms with van der Waals surface area (Å²) in [6.07, 6.45) is 2.49. The van der Waals surface area contributed by atoms with Crippen LogP contribution in [0.1, 0.15) is 43.1 Å². The van der Waals surface area contributed by atoms with E-state index in [9.17, 15) is 15.2 Å². The molecule has 0 amide bonds. The smallest absolute Gasteiger partial charge is 0.337 e. The van der Waals surface area contributed by atoms with Crippen LogP contribution in [-0.2, 0) is 0 Å². The van der Waals surface area contributed by atoms with Crippen molar-refractivity contribution < 1.29 is 14.6 Å². The molecule has 0 unspecified atom stereocenters. The summed E-state index contributed by atoms with van der Waals surface area (Å²) in [7, 11) is 0. The first kappa shape index (κ1) is 17.5. The zero-order chi connectivity index (χ0) is 17.7. The number of carboxylic acid groups (broad SMARTS) is 1. The predicted molar refractivity (Wildman–Crippen MR) is 90.9 cm³/mol. The second-order valence-corrected chi connectivity index (χ2v) is 6.33. The number of benzene rings is 1. The monoisotopic (exact) mass is 324 g/mol. The lowest BCUT2D eigenvalue weighted by atomic mass is 9.92. The fourth-order valence-corrected chi connectivity index (χ4v) is 2.07. The molecule has 0 saturated heterocycles. The quantitative estimate of drug-likeness (QED) is 0.863. The van der Waals surface area contributed by atoms with Crippen LogP contribution < -0.4 is 4.74 Å². The Bertz CT molecular complexity index is 791. The van der Waals surface area contributed by atoms with E-state index < -0.39 is 5.97 Å². The predicted octanol–water partition coefficient (Wildman–Crippen LogP) is 4.13. The number of aromatic carboxylic acids is 1. The standard InChI is InChI=1S/C19H20N2O3/c1-4-19(2,3)12-24-16-8-7-13(10-14(16)11-20)17-15(18(22)23)6-5-9-21-17/h5-10H,4,12H2,1-3H3,(H,22,23). The molecule has 0 aliphatic carbocycles. The first-order valence-electron chi connectivity index (χ1n) is 7.73. The Morgan fingerprint density at radius 2 is 2.12 bits per heavy atom. The molecule has 0 atom stereocenters. The summed E-state index contributed by atoms with van der Waals surface area (Å²) in [4.78, 5) is 15.5. The van der Waals surface area contributed by atoms with Crippen molar-refractivity contribution >= 4 is 5.97 Å². The Kier molecular flexibility index (Phi) is 5.20. The highest BCUT2D eigenvalue weighted by molar-refractivity contribution is 5.94. The first-order chi connectivity index (χ1) is 11.4. The number of hydrogen-bond donors (Lipinski definition) is 1. The van der Waals surface area contributed by atoms with Crippen molar-refractivity contribution in [3.63, 3.8) is 0 Å². The van der Waals surface area contributed by atoms with Crippen molar-refractivity contribution in [2.24, 2.45) is 5.41 Å². The van der Waals surface area contributed by atoms with Crippen molar-refractivity contribution in [3.05, 3.63) is 47.7 Å². The van der Waals surface area contributed by atoms with E-state index in [0.717, 1.165) is 6.42 Å². The fraction of sp³-hybridized carbons (Fsp3) is 0.316. The minimum absolute atomic E-state index is 0.0167. The molecule has 0 saturated carbocycles. The molecule has 0 bridgehead atoms. The number of carboxylic acids is 1. The van der Waals surface area contributed by atoms with E-state index >= 15 is 0 Å². The normalized spacial score (nSPS) is 10.9. The molecule has 1 N–H and O–H groups in total. The van der Waals surface area contributed by atoms with Gasteiger partial charge in [0.05, 0.1) is 23.4 Å². The van der Waals surface area contributed by atoms with Gasteiger partial charge in [-0.1, -0.05) is 20.8 Å². The molecule has 1 aromatic carbocycles. The number of nitrogens with zero attached hydrogens (tertiary/aromatic N) is 2. The van der Waals surface area contributed by atoms with Gasteiger partial charge in [0.2, 0.25) is 0 Å². The molecule has 124 valence electrons. The van der Waals surface area contributed by atoms with Crippen molar-refractivity contribution in [3.8, 4) is 23.1 Å². The Balaban J connectivity index is 2.37. The summed E-state index contributed by atoms with van der Waals surface area (Å²) in [5.41, 5.74) is 1.39. The summed E-state index contributed by atoms with van der Waals surface area (Å²) >= 11 is 0. The molecule has 2 rings (SSSR count). The van der Waals surface area contributed by atoms with Crippen molar-refractivity contribution in [2.75, 3.05) is 6.61 Å². The average Bonchev–Trinajstić information content (AvgIpc) is 2.59. The second kappa shape index (κ2) is 7.14. The van der Waals surface area contributed by atoms with Gasteiger partial charge in [-0.15, -0.1) is 0 Å². The van der Waals surface area contributed by atoms with E-state index in [4.69, 9.17) is 4.74 Å². The van der Waals surface area contributed by atoms with Gasteiger partial charge in [-0.3, -0.25) is 4.98 Å². The number of ether oxygens (including phenoxy) is 1. The van der Waals surface area contributed by atoms with Crippen LogP contribution in [0.3, 0.4) is 0 Å². The van der Waals surface area contributed by atoms with Crippen molar-refractivity contribution in [2.45, 2.75) is 27.2 Å². The molecule has 1 heterocycles. The Labute approximate surface area is 141 Å². The summed E-state index contributed by atoms with van der Waals surface area (Å²) in [5, 5.41) is 18.7. The lowest BCUT2D eigenvalue weighted by molar-refractivity contribution is 0.0697. The van der Waals surface area contributed by atoms with Gasteiger partial charge in [0.15, 0.2) is 0 Å². The number of nitriles is 1. The molecular weight excluding hydrogens is 304 g/mol. The Morgan fingerprint density at radius 3 is 2.75 bits per heavy atom. The lowest BCUT2D eigenvalue weighted by Gasteiger charge is -2.23. The lowest BCUT2D eigenvalue weighted by Crippen LogP contribution is -2.20. The summed E-state index contributed by atoms with van der Waals surface area (Å²) in [6.45, 7) is 6.79. The van der Waals surface area contributed by atoms with Gasteiger partial charge in [0, 0.05) is 11.8 Å². The van der Waals surface area contributed by atoms with Crippen LogP contribution >= 0.6 is 0 Å². The van der Waals surface area contributed by atoms with Gasteiger partial charge in [0.1, 0.15) is 11.8 Å². The van der Waals surface area contributed by atoms with Crippen LogP contribution in [0.4, 0.5) is 0 Å². The maximum Gasteiger partial charge on any atom is 0.337 e. The Hall–Kier alpha value is -2.87. The topological polar surface area (TPSA) is 83.2 Å². The van der Waals surface area contributed by atoms with Crippen molar-refractivity contribution in [1.82, 2.24) is 4.98 Å². The maximum atomic E-state index is 11.3. The van der Waals surface area contributed by atoms with Gasteiger partial charge in [0.25, 0.3) is 0 Å². The number of hydrogen-bond acceptors (Lipinski definition) is 4. The van der Waals surface area contributed by atoms with Crippen molar-refractivity contribution in [1.29, 1.82) is 5.26 Å². The van der Waals surface area contributed by atoms with E-state index in [2.05, 4.69) is 31.8 Å². The minimum atomic E-state index is -1.05. The molecule has 1 aromatic heterocycles. The van der Waals surface area contributed by atoms with Crippen LogP contribution in [0.2, 0.25) is 0 Å². The summed E-state index contributed by atoms with van der Waals surface area (Å²) < 4.78 is 5.79. The summed E-state index contributed by atoms with van der Waals surface area (Å²) in [6, 6.07) is 10.2. The van der Waals surface area contributed by atoms with Crippen LogP contribution in [0, 0.1) is 16.7 Å². The fourth-order valence-electron chi connectivity index (χ4n) is 2.07. The van der Waals surface area contributed by atoms with Crippen LogP contribution in [0.15, 0.2) is 36.5 Å². The van der Waals surface area contributed by atoms with Crippen LogP contribution in [0.5, 0.6) is 5.75 Å². The molecule has 5 nitrogen and oxygen atoms in total. The molecule has 0 spiro atoms. The van der Waals surface area contributed by atoms with Gasteiger partial charge in [-0.05, 0) is 42.2 Å². The molecule has 0 aliphatic rings. The number of rotatable bonds is 6. The van der Waals surface area contributed by atoms with E-state index in [1.807, 2.05) is 0 Å². The molecule has 0 radical (unpaired) electrons. The summed E-state index contributed by atoms with van der Waals surface area (Å²) in [5.74, 6) is -0.558. The van der Waals surface area contributed by atoms with E-state index in [1.165, 1.54) is 12.3 Å². The van der Waals surface area contributed by atoms with Gasteiger partial charge in [-0.25, -0.2) is 4.79 Å². The van der Waals surface area contributed by atoms with E-state index in [0.29, 0.717) is 29.2 Å². The second-order valence-electron chi connectivity index (χ2n) is 6.33.